The summed E-state index contributed by atoms with van der Waals surface area (Å²) in [6.45, 7) is 5.42. The fourth-order valence-corrected chi connectivity index (χ4v) is 2.80. The van der Waals surface area contributed by atoms with Crippen LogP contribution in [0.5, 0.6) is 0 Å². The summed E-state index contributed by atoms with van der Waals surface area (Å²) in [5.41, 5.74) is 6.30. The van der Waals surface area contributed by atoms with E-state index in [0.29, 0.717) is 17.6 Å². The van der Waals surface area contributed by atoms with Crippen molar-refractivity contribution < 1.29 is 4.79 Å². The first-order valence-electron chi connectivity index (χ1n) is 6.39. The molecular weight excluding hydrogens is 248 g/mol. The van der Waals surface area contributed by atoms with Gasteiger partial charge >= 0.3 is 0 Å². The number of carbonyl (C=O) groups is 1. The molecule has 2 rings (SSSR count). The van der Waals surface area contributed by atoms with Crippen LogP contribution in [0, 0.1) is 0 Å². The quantitative estimate of drug-likeness (QED) is 0.850. The third-order valence-electron chi connectivity index (χ3n) is 3.31. The maximum absolute atomic E-state index is 11.8. The highest BCUT2D eigenvalue weighted by Gasteiger charge is 2.19. The molecule has 0 aromatic carbocycles. The van der Waals surface area contributed by atoms with Gasteiger partial charge < -0.3 is 16.0 Å². The molecule has 18 heavy (non-hydrogen) atoms. The lowest BCUT2D eigenvalue weighted by molar-refractivity contribution is -0.121. The van der Waals surface area contributed by atoms with Crippen molar-refractivity contribution in [1.82, 2.24) is 15.2 Å². The molecule has 1 aliphatic rings. The molecule has 2 heterocycles. The van der Waals surface area contributed by atoms with Crippen LogP contribution in [0.2, 0.25) is 0 Å². The summed E-state index contributed by atoms with van der Waals surface area (Å²) in [5.74, 6) is 0.0512. The number of hydrogen-bond acceptors (Lipinski definition) is 5. The number of anilines is 1. The Kier molecular flexibility index (Phi) is 4.54. The monoisotopic (exact) mass is 268 g/mol. The summed E-state index contributed by atoms with van der Waals surface area (Å²) in [5, 5.41) is 5.44. The van der Waals surface area contributed by atoms with E-state index >= 15 is 0 Å². The van der Waals surface area contributed by atoms with Crippen molar-refractivity contribution in [2.24, 2.45) is 0 Å². The molecule has 100 valence electrons. The molecule has 0 bridgehead atoms. The van der Waals surface area contributed by atoms with Gasteiger partial charge in [-0.05, 0) is 19.4 Å². The molecule has 0 radical (unpaired) electrons. The van der Waals surface area contributed by atoms with Crippen molar-refractivity contribution in [3.05, 3.63) is 11.1 Å². The van der Waals surface area contributed by atoms with E-state index in [1.54, 1.807) is 0 Å². The molecule has 6 heteroatoms. The van der Waals surface area contributed by atoms with Crippen molar-refractivity contribution in [3.63, 3.8) is 0 Å². The van der Waals surface area contributed by atoms with Gasteiger partial charge in [-0.1, -0.05) is 6.92 Å². The number of likely N-dealkylation sites (tertiary alicyclic amines) is 1. The SMILES string of the molecule is CCN1CCC(NC(=O)Cc2csc(N)n2)CC1. The number of hydrogen-bond donors (Lipinski definition) is 2. The van der Waals surface area contributed by atoms with E-state index in [0.717, 1.165) is 38.2 Å². The first-order chi connectivity index (χ1) is 8.67. The van der Waals surface area contributed by atoms with Gasteiger partial charge in [0.05, 0.1) is 12.1 Å². The largest absolute Gasteiger partial charge is 0.375 e. The van der Waals surface area contributed by atoms with Crippen molar-refractivity contribution in [2.45, 2.75) is 32.2 Å². The molecule has 3 N–H and O–H groups in total. The van der Waals surface area contributed by atoms with E-state index in [4.69, 9.17) is 5.73 Å². The lowest BCUT2D eigenvalue weighted by Crippen LogP contribution is -2.44. The van der Waals surface area contributed by atoms with Crippen LogP contribution in [0.3, 0.4) is 0 Å². The molecule has 0 atom stereocenters. The Balaban J connectivity index is 1.75. The standard InChI is InChI=1S/C12H20N4OS/c1-2-16-5-3-9(4-6-16)14-11(17)7-10-8-18-12(13)15-10/h8-9H,2-7H2,1H3,(H2,13,15)(H,14,17). The number of nitrogens with two attached hydrogens (primary N) is 1. The van der Waals surface area contributed by atoms with Gasteiger partial charge in [-0.3, -0.25) is 4.79 Å². The molecule has 1 aromatic heterocycles. The fourth-order valence-electron chi connectivity index (χ4n) is 2.24. The molecule has 0 aliphatic carbocycles. The van der Waals surface area contributed by atoms with E-state index in [2.05, 4.69) is 22.1 Å². The van der Waals surface area contributed by atoms with E-state index < -0.39 is 0 Å². The number of nitrogens with zero attached hydrogens (tertiary/aromatic N) is 2. The smallest absolute Gasteiger partial charge is 0.226 e. The number of nitrogens with one attached hydrogen (secondary N) is 1. The van der Waals surface area contributed by atoms with E-state index in [1.807, 2.05) is 5.38 Å². The lowest BCUT2D eigenvalue weighted by Gasteiger charge is -2.31. The number of thiazole rings is 1. The predicted octanol–water partition coefficient (Wildman–Crippen LogP) is 0.868. The predicted molar refractivity (Wildman–Crippen MR) is 73.5 cm³/mol. The summed E-state index contributed by atoms with van der Waals surface area (Å²) in [6.07, 6.45) is 2.42. The molecule has 1 aromatic rings. The van der Waals surface area contributed by atoms with Gasteiger partial charge in [-0.2, -0.15) is 0 Å². The Bertz CT molecular complexity index is 399. The number of rotatable bonds is 4. The number of amides is 1. The van der Waals surface area contributed by atoms with E-state index in [1.165, 1.54) is 11.3 Å². The molecule has 5 nitrogen and oxygen atoms in total. The second-order valence-corrected chi connectivity index (χ2v) is 5.52. The maximum Gasteiger partial charge on any atom is 0.226 e. The van der Waals surface area contributed by atoms with Gasteiger partial charge in [0.15, 0.2) is 5.13 Å². The molecule has 1 aliphatic heterocycles. The number of carbonyl (C=O) groups excluding carboxylic acids is 1. The van der Waals surface area contributed by atoms with Crippen LogP contribution < -0.4 is 11.1 Å². The Morgan fingerprint density at radius 1 is 1.61 bits per heavy atom. The molecule has 0 unspecified atom stereocenters. The van der Waals surface area contributed by atoms with E-state index in [9.17, 15) is 4.79 Å². The second-order valence-electron chi connectivity index (χ2n) is 4.63. The normalized spacial score (nSPS) is 17.8. The van der Waals surface area contributed by atoms with Crippen LogP contribution in [-0.2, 0) is 11.2 Å². The third kappa shape index (κ3) is 3.68. The van der Waals surface area contributed by atoms with Crippen LogP contribution in [0.25, 0.3) is 0 Å². The van der Waals surface area contributed by atoms with Gasteiger partial charge in [0, 0.05) is 24.5 Å². The zero-order chi connectivity index (χ0) is 13.0. The van der Waals surface area contributed by atoms with Crippen LogP contribution in [-0.4, -0.2) is 41.5 Å². The number of aromatic nitrogens is 1. The van der Waals surface area contributed by atoms with Gasteiger partial charge in [-0.15, -0.1) is 11.3 Å². The average Bonchev–Trinajstić information content (AvgIpc) is 2.75. The molecule has 0 saturated carbocycles. The molecule has 1 fully saturated rings. The summed E-state index contributed by atoms with van der Waals surface area (Å²) in [4.78, 5) is 18.3. The van der Waals surface area contributed by atoms with Crippen molar-refractivity contribution in [1.29, 1.82) is 0 Å². The minimum absolute atomic E-state index is 0.0512. The molecule has 1 amide bonds. The highest BCUT2D eigenvalue weighted by atomic mass is 32.1. The zero-order valence-electron chi connectivity index (χ0n) is 10.7. The fraction of sp³-hybridized carbons (Fsp3) is 0.667. The Morgan fingerprint density at radius 2 is 2.33 bits per heavy atom. The summed E-state index contributed by atoms with van der Waals surface area (Å²) >= 11 is 1.38. The van der Waals surface area contributed by atoms with Gasteiger partial charge in [0.2, 0.25) is 5.91 Å². The van der Waals surface area contributed by atoms with Crippen molar-refractivity contribution in [2.75, 3.05) is 25.4 Å². The minimum Gasteiger partial charge on any atom is -0.375 e. The van der Waals surface area contributed by atoms with Gasteiger partial charge in [0.1, 0.15) is 0 Å². The number of nitrogen functional groups attached to an aromatic ring is 1. The topological polar surface area (TPSA) is 71.2 Å². The molecular formula is C12H20N4OS. The summed E-state index contributed by atoms with van der Waals surface area (Å²) in [6, 6.07) is 0.316. The van der Waals surface area contributed by atoms with E-state index in [-0.39, 0.29) is 5.91 Å². The van der Waals surface area contributed by atoms with Crippen molar-refractivity contribution >= 4 is 22.4 Å². The summed E-state index contributed by atoms with van der Waals surface area (Å²) < 4.78 is 0. The Labute approximate surface area is 111 Å². The minimum atomic E-state index is 0.0512. The van der Waals surface area contributed by atoms with Crippen LogP contribution in [0.1, 0.15) is 25.5 Å². The van der Waals surface area contributed by atoms with Gasteiger partial charge in [0.25, 0.3) is 0 Å². The second kappa shape index (κ2) is 6.15. The zero-order valence-corrected chi connectivity index (χ0v) is 11.5. The van der Waals surface area contributed by atoms with Crippen molar-refractivity contribution in [3.8, 4) is 0 Å². The Hall–Kier alpha value is -1.14. The average molecular weight is 268 g/mol. The lowest BCUT2D eigenvalue weighted by atomic mass is 10.0. The van der Waals surface area contributed by atoms with Crippen LogP contribution in [0.4, 0.5) is 5.13 Å². The first-order valence-corrected chi connectivity index (χ1v) is 7.27. The molecule has 1 saturated heterocycles. The number of piperidine rings is 1. The van der Waals surface area contributed by atoms with Crippen LogP contribution >= 0.6 is 11.3 Å². The van der Waals surface area contributed by atoms with Crippen LogP contribution in [0.15, 0.2) is 5.38 Å². The molecule has 0 spiro atoms. The summed E-state index contributed by atoms with van der Waals surface area (Å²) in [7, 11) is 0. The highest BCUT2D eigenvalue weighted by Crippen LogP contribution is 2.13. The maximum atomic E-state index is 11.8. The Morgan fingerprint density at radius 3 is 2.89 bits per heavy atom. The first kappa shape index (κ1) is 13.3. The van der Waals surface area contributed by atoms with Gasteiger partial charge in [-0.25, -0.2) is 4.98 Å². The highest BCUT2D eigenvalue weighted by molar-refractivity contribution is 7.13. The third-order valence-corrected chi connectivity index (χ3v) is 4.03.